The van der Waals surface area contributed by atoms with Crippen molar-refractivity contribution in [3.8, 4) is 0 Å². The Bertz CT molecular complexity index is 355. The largest absolute Gasteiger partial charge is 0.384 e. The Balaban J connectivity index is 2.61. The highest BCUT2D eigenvalue weighted by molar-refractivity contribution is 7.81. The van der Waals surface area contributed by atoms with Gasteiger partial charge in [-0.15, -0.1) is 0 Å². The predicted octanol–water partition coefficient (Wildman–Crippen LogP) is 2.01. The van der Waals surface area contributed by atoms with Crippen molar-refractivity contribution in [2.75, 3.05) is 0 Å². The summed E-state index contributed by atoms with van der Waals surface area (Å²) in [6, 6.07) is 7.67. The van der Waals surface area contributed by atoms with Crippen LogP contribution in [0.1, 0.15) is 17.2 Å². The molecule has 0 fully saturated rings. The highest BCUT2D eigenvalue weighted by Crippen LogP contribution is 2.24. The number of hydrogen-bond acceptors (Lipinski definition) is 2. The fraction of sp³-hybridized carbons (Fsp3) is 0.100. The number of benzene rings is 1. The molecule has 1 aromatic carbocycles. The molecule has 1 aliphatic rings. The lowest BCUT2D eigenvalue weighted by molar-refractivity contribution is 0.228. The van der Waals surface area contributed by atoms with Crippen LogP contribution in [0.2, 0.25) is 0 Å². The molecule has 1 atom stereocenters. The number of aliphatic hydroxyl groups excluding tert-OH is 1. The maximum atomic E-state index is 9.53. The smallest absolute Gasteiger partial charge is 0.0981 e. The van der Waals surface area contributed by atoms with E-state index in [9.17, 15) is 5.11 Å². The van der Waals surface area contributed by atoms with Crippen molar-refractivity contribution in [3.05, 3.63) is 47.5 Å². The second kappa shape index (κ2) is 2.81. The van der Waals surface area contributed by atoms with Crippen LogP contribution in [0.15, 0.2) is 36.4 Å². The summed E-state index contributed by atoms with van der Waals surface area (Å²) in [7, 11) is 0. The van der Waals surface area contributed by atoms with E-state index in [1.165, 1.54) is 0 Å². The Hall–Kier alpha value is -0.990. The van der Waals surface area contributed by atoms with Crippen LogP contribution in [0.3, 0.4) is 0 Å². The van der Waals surface area contributed by atoms with Gasteiger partial charge in [0.15, 0.2) is 0 Å². The van der Waals surface area contributed by atoms with E-state index in [0.717, 1.165) is 16.0 Å². The standard InChI is InChI=1S/C10H8OS/c11-9-5-6-10(12)8-4-2-1-3-7(8)9/h1-6,9,11H. The second-order valence-corrected chi connectivity index (χ2v) is 3.20. The average molecular weight is 176 g/mol. The molecule has 0 radical (unpaired) electrons. The number of hydrogen-bond donors (Lipinski definition) is 1. The van der Waals surface area contributed by atoms with E-state index in [1.54, 1.807) is 12.2 Å². The maximum Gasteiger partial charge on any atom is 0.0981 e. The molecule has 0 heterocycles. The second-order valence-electron chi connectivity index (χ2n) is 2.76. The Morgan fingerprint density at radius 3 is 2.75 bits per heavy atom. The van der Waals surface area contributed by atoms with Crippen LogP contribution in [0.5, 0.6) is 0 Å². The molecule has 0 saturated heterocycles. The van der Waals surface area contributed by atoms with Crippen LogP contribution in [-0.2, 0) is 0 Å². The highest BCUT2D eigenvalue weighted by Gasteiger charge is 2.14. The highest BCUT2D eigenvalue weighted by atomic mass is 32.1. The maximum absolute atomic E-state index is 9.53. The van der Waals surface area contributed by atoms with Gasteiger partial charge in [-0.2, -0.15) is 0 Å². The predicted molar refractivity (Wildman–Crippen MR) is 52.2 cm³/mol. The third-order valence-corrected chi connectivity index (χ3v) is 2.33. The molecule has 1 aromatic rings. The lowest BCUT2D eigenvalue weighted by Crippen LogP contribution is -2.08. The number of thiocarbonyl (C=S) groups is 1. The van der Waals surface area contributed by atoms with Gasteiger partial charge in [0, 0.05) is 4.86 Å². The van der Waals surface area contributed by atoms with Gasteiger partial charge >= 0.3 is 0 Å². The van der Waals surface area contributed by atoms with Crippen molar-refractivity contribution in [1.82, 2.24) is 0 Å². The molecule has 1 nitrogen and oxygen atoms in total. The summed E-state index contributed by atoms with van der Waals surface area (Å²) in [4.78, 5) is 0.802. The van der Waals surface area contributed by atoms with Crippen LogP contribution in [0, 0.1) is 0 Å². The molecule has 0 aromatic heterocycles. The van der Waals surface area contributed by atoms with E-state index in [4.69, 9.17) is 12.2 Å². The molecule has 0 saturated carbocycles. The molecule has 1 aliphatic carbocycles. The summed E-state index contributed by atoms with van der Waals surface area (Å²) in [6.07, 6.45) is 3.00. The minimum atomic E-state index is -0.493. The average Bonchev–Trinajstić information content (AvgIpc) is 2.12. The summed E-state index contributed by atoms with van der Waals surface area (Å²) in [5.74, 6) is 0. The zero-order chi connectivity index (χ0) is 8.55. The molecular weight excluding hydrogens is 168 g/mol. The van der Waals surface area contributed by atoms with Crippen LogP contribution >= 0.6 is 12.2 Å². The summed E-state index contributed by atoms with van der Waals surface area (Å²) < 4.78 is 0. The fourth-order valence-electron chi connectivity index (χ4n) is 1.35. The van der Waals surface area contributed by atoms with Crippen molar-refractivity contribution in [3.63, 3.8) is 0 Å². The zero-order valence-corrected chi connectivity index (χ0v) is 7.21. The van der Waals surface area contributed by atoms with E-state index in [0.29, 0.717) is 0 Å². The lowest BCUT2D eigenvalue weighted by Gasteiger charge is -2.15. The van der Waals surface area contributed by atoms with Gasteiger partial charge in [0.1, 0.15) is 0 Å². The van der Waals surface area contributed by atoms with Crippen LogP contribution in [-0.4, -0.2) is 9.97 Å². The van der Waals surface area contributed by atoms with Gasteiger partial charge in [-0.05, 0) is 17.2 Å². The van der Waals surface area contributed by atoms with E-state index in [2.05, 4.69) is 0 Å². The first-order valence-corrected chi connectivity index (χ1v) is 4.19. The van der Waals surface area contributed by atoms with Crippen molar-refractivity contribution >= 4 is 17.1 Å². The molecular formula is C10H8OS. The molecule has 1 unspecified atom stereocenters. The molecule has 0 amide bonds. The van der Waals surface area contributed by atoms with Crippen LogP contribution < -0.4 is 0 Å². The van der Waals surface area contributed by atoms with Gasteiger partial charge in [0.25, 0.3) is 0 Å². The van der Waals surface area contributed by atoms with Crippen molar-refractivity contribution in [2.45, 2.75) is 6.10 Å². The molecule has 0 aliphatic heterocycles. The normalized spacial score (nSPS) is 20.8. The Labute approximate surface area is 76.3 Å². The van der Waals surface area contributed by atoms with E-state index < -0.39 is 6.10 Å². The summed E-state index contributed by atoms with van der Waals surface area (Å²) in [5, 5.41) is 9.53. The molecule has 2 heteroatoms. The van der Waals surface area contributed by atoms with Crippen molar-refractivity contribution in [2.24, 2.45) is 0 Å². The first kappa shape index (κ1) is 7.65. The van der Waals surface area contributed by atoms with Gasteiger partial charge in [-0.25, -0.2) is 0 Å². The van der Waals surface area contributed by atoms with Gasteiger partial charge in [-0.1, -0.05) is 42.6 Å². The quantitative estimate of drug-likeness (QED) is 0.610. The summed E-state index contributed by atoms with van der Waals surface area (Å²) in [6.45, 7) is 0. The molecule has 60 valence electrons. The van der Waals surface area contributed by atoms with Gasteiger partial charge in [0.05, 0.1) is 6.10 Å². The molecule has 0 spiro atoms. The first-order valence-electron chi connectivity index (χ1n) is 3.78. The van der Waals surface area contributed by atoms with Crippen molar-refractivity contribution < 1.29 is 5.11 Å². The van der Waals surface area contributed by atoms with E-state index in [-0.39, 0.29) is 0 Å². The van der Waals surface area contributed by atoms with Crippen LogP contribution in [0.4, 0.5) is 0 Å². The summed E-state index contributed by atoms with van der Waals surface area (Å²) >= 11 is 5.12. The monoisotopic (exact) mass is 176 g/mol. The molecule has 1 N–H and O–H groups in total. The van der Waals surface area contributed by atoms with E-state index in [1.807, 2.05) is 24.3 Å². The van der Waals surface area contributed by atoms with E-state index >= 15 is 0 Å². The van der Waals surface area contributed by atoms with Crippen molar-refractivity contribution in [1.29, 1.82) is 0 Å². The summed E-state index contributed by atoms with van der Waals surface area (Å²) in [5.41, 5.74) is 1.88. The Kier molecular flexibility index (Phi) is 1.79. The zero-order valence-electron chi connectivity index (χ0n) is 6.40. The Morgan fingerprint density at radius 2 is 2.00 bits per heavy atom. The first-order chi connectivity index (χ1) is 5.79. The number of allylic oxidation sites excluding steroid dienone is 1. The third-order valence-electron chi connectivity index (χ3n) is 1.97. The fourth-order valence-corrected chi connectivity index (χ4v) is 1.62. The lowest BCUT2D eigenvalue weighted by atomic mass is 9.95. The molecule has 0 bridgehead atoms. The van der Waals surface area contributed by atoms with Gasteiger partial charge in [-0.3, -0.25) is 0 Å². The van der Waals surface area contributed by atoms with Gasteiger partial charge < -0.3 is 5.11 Å². The Morgan fingerprint density at radius 1 is 1.25 bits per heavy atom. The molecule has 12 heavy (non-hydrogen) atoms. The van der Waals surface area contributed by atoms with Gasteiger partial charge in [0.2, 0.25) is 0 Å². The topological polar surface area (TPSA) is 20.2 Å². The minimum Gasteiger partial charge on any atom is -0.384 e. The third kappa shape index (κ3) is 1.09. The minimum absolute atomic E-state index is 0.493. The number of fused-ring (bicyclic) bond motifs is 1. The van der Waals surface area contributed by atoms with Crippen LogP contribution in [0.25, 0.3) is 0 Å². The SMILES string of the molecule is OC1C=CC(=S)c2ccccc21. The number of rotatable bonds is 0. The molecule has 2 rings (SSSR count). The number of aliphatic hydroxyl groups is 1.